The lowest BCUT2D eigenvalue weighted by Gasteiger charge is -2.22. The number of ether oxygens (including phenoxy) is 1. The van der Waals surface area contributed by atoms with Crippen LogP contribution in [0.2, 0.25) is 0 Å². The first-order valence-electron chi connectivity index (χ1n) is 9.51. The molecule has 0 aromatic carbocycles. The van der Waals surface area contributed by atoms with Crippen molar-refractivity contribution in [2.45, 2.75) is 45.1 Å². The average molecular weight is 401 g/mol. The molecule has 0 radical (unpaired) electrons. The van der Waals surface area contributed by atoms with Gasteiger partial charge in [-0.1, -0.05) is 19.0 Å². The summed E-state index contributed by atoms with van der Waals surface area (Å²) in [6, 6.07) is 3.04. The van der Waals surface area contributed by atoms with E-state index in [1.54, 1.807) is 18.5 Å². The Morgan fingerprint density at radius 3 is 2.76 bits per heavy atom. The number of esters is 1. The molecule has 1 fully saturated rings. The normalized spacial score (nSPS) is 15.4. The number of imide groups is 1. The first kappa shape index (κ1) is 20.4. The second-order valence-electron chi connectivity index (χ2n) is 6.69. The molecule has 3 amide bonds. The predicted molar refractivity (Wildman–Crippen MR) is 100 cm³/mol. The van der Waals surface area contributed by atoms with Crippen LogP contribution in [-0.2, 0) is 20.7 Å². The lowest BCUT2D eigenvalue weighted by atomic mass is 9.93. The van der Waals surface area contributed by atoms with E-state index in [2.05, 4.69) is 20.4 Å². The number of hydrogen-bond acceptors (Lipinski definition) is 8. The molecule has 0 atom stereocenters. The van der Waals surface area contributed by atoms with E-state index < -0.39 is 30.0 Å². The zero-order valence-electron chi connectivity index (χ0n) is 16.4. The molecule has 10 heteroatoms. The van der Waals surface area contributed by atoms with Crippen molar-refractivity contribution in [2.24, 2.45) is 0 Å². The fourth-order valence-electron chi connectivity index (χ4n) is 3.10. The number of pyridine rings is 1. The standard InChI is InChI=1S/C19H23N5O5/c1-3-19(4-2)17(26)24(18(27)22-19)12-15(25)28-10-6-8-14-21-16(23-29-14)13-7-5-9-20-11-13/h5,7,9,11H,3-4,6,8,10,12H2,1-2H3,(H,22,27). The summed E-state index contributed by atoms with van der Waals surface area (Å²) in [6.45, 7) is 3.35. The van der Waals surface area contributed by atoms with E-state index in [4.69, 9.17) is 9.26 Å². The Kier molecular flexibility index (Phi) is 6.20. The Bertz CT molecular complexity index is 878. The minimum atomic E-state index is -0.929. The van der Waals surface area contributed by atoms with E-state index in [-0.39, 0.29) is 6.61 Å². The molecular weight excluding hydrogens is 378 g/mol. The first-order valence-corrected chi connectivity index (χ1v) is 9.51. The maximum atomic E-state index is 12.5. The van der Waals surface area contributed by atoms with Crippen molar-refractivity contribution in [3.8, 4) is 11.4 Å². The number of carbonyl (C=O) groups is 3. The first-order chi connectivity index (χ1) is 14.0. The minimum absolute atomic E-state index is 0.111. The molecule has 2 aromatic rings. The van der Waals surface area contributed by atoms with Gasteiger partial charge in [-0.05, 0) is 31.4 Å². The molecule has 3 rings (SSSR count). The SMILES string of the molecule is CCC1(CC)NC(=O)N(CC(=O)OCCCc2nc(-c3cccnc3)no2)C1=O. The van der Waals surface area contributed by atoms with Crippen LogP contribution in [-0.4, -0.2) is 56.6 Å². The molecule has 0 bridgehead atoms. The van der Waals surface area contributed by atoms with Gasteiger partial charge in [0.1, 0.15) is 12.1 Å². The Hall–Kier alpha value is -3.30. The molecule has 1 N–H and O–H groups in total. The molecule has 2 aromatic heterocycles. The third-order valence-corrected chi connectivity index (χ3v) is 4.93. The van der Waals surface area contributed by atoms with Gasteiger partial charge in [-0.3, -0.25) is 19.5 Å². The molecule has 154 valence electrons. The molecule has 1 aliphatic heterocycles. The molecule has 0 unspecified atom stereocenters. The number of hydrogen-bond donors (Lipinski definition) is 1. The van der Waals surface area contributed by atoms with Gasteiger partial charge < -0.3 is 14.6 Å². The Morgan fingerprint density at radius 2 is 2.10 bits per heavy atom. The quantitative estimate of drug-likeness (QED) is 0.382. The van der Waals surface area contributed by atoms with Gasteiger partial charge >= 0.3 is 12.0 Å². The summed E-state index contributed by atoms with van der Waals surface area (Å²) in [5.41, 5.74) is -0.181. The van der Waals surface area contributed by atoms with Gasteiger partial charge in [0, 0.05) is 24.4 Å². The fraction of sp³-hybridized carbons (Fsp3) is 0.474. The van der Waals surface area contributed by atoms with Crippen LogP contribution in [0, 0.1) is 0 Å². The molecule has 10 nitrogen and oxygen atoms in total. The Labute approximate surface area is 167 Å². The number of aryl methyl sites for hydroxylation is 1. The second-order valence-corrected chi connectivity index (χ2v) is 6.69. The Morgan fingerprint density at radius 1 is 1.31 bits per heavy atom. The minimum Gasteiger partial charge on any atom is -0.464 e. The van der Waals surface area contributed by atoms with Gasteiger partial charge in [-0.15, -0.1) is 0 Å². The van der Waals surface area contributed by atoms with Crippen molar-refractivity contribution in [3.05, 3.63) is 30.4 Å². The van der Waals surface area contributed by atoms with E-state index in [1.807, 2.05) is 19.9 Å². The number of carbonyl (C=O) groups excluding carboxylic acids is 3. The summed E-state index contributed by atoms with van der Waals surface area (Å²) < 4.78 is 10.3. The lowest BCUT2D eigenvalue weighted by molar-refractivity contribution is -0.148. The van der Waals surface area contributed by atoms with E-state index in [0.717, 1.165) is 10.5 Å². The van der Waals surface area contributed by atoms with Gasteiger partial charge in [0.05, 0.1) is 6.61 Å². The van der Waals surface area contributed by atoms with Crippen LogP contribution in [0.1, 0.15) is 39.0 Å². The van der Waals surface area contributed by atoms with E-state index in [9.17, 15) is 14.4 Å². The zero-order chi connectivity index (χ0) is 20.9. The fourth-order valence-corrected chi connectivity index (χ4v) is 3.10. The van der Waals surface area contributed by atoms with Crippen LogP contribution < -0.4 is 5.32 Å². The van der Waals surface area contributed by atoms with E-state index in [1.165, 1.54) is 0 Å². The zero-order valence-corrected chi connectivity index (χ0v) is 16.4. The van der Waals surface area contributed by atoms with Crippen LogP contribution in [0.4, 0.5) is 4.79 Å². The molecule has 1 aliphatic rings. The number of rotatable bonds is 9. The van der Waals surface area contributed by atoms with Crippen LogP contribution in [0.5, 0.6) is 0 Å². The largest absolute Gasteiger partial charge is 0.464 e. The van der Waals surface area contributed by atoms with Crippen molar-refractivity contribution in [3.63, 3.8) is 0 Å². The summed E-state index contributed by atoms with van der Waals surface area (Å²) in [7, 11) is 0. The highest BCUT2D eigenvalue weighted by Gasteiger charge is 2.49. The molecular formula is C19H23N5O5. The van der Waals surface area contributed by atoms with Crippen LogP contribution in [0.15, 0.2) is 29.0 Å². The van der Waals surface area contributed by atoms with Gasteiger partial charge in [0.15, 0.2) is 0 Å². The van der Waals surface area contributed by atoms with Crippen molar-refractivity contribution in [1.82, 2.24) is 25.3 Å². The number of urea groups is 1. The summed E-state index contributed by atoms with van der Waals surface area (Å²) in [5, 5.41) is 6.57. The summed E-state index contributed by atoms with van der Waals surface area (Å²) in [4.78, 5) is 45.7. The average Bonchev–Trinajstić information content (AvgIpc) is 3.30. The number of aromatic nitrogens is 3. The van der Waals surface area contributed by atoms with Crippen molar-refractivity contribution < 1.29 is 23.6 Å². The maximum Gasteiger partial charge on any atom is 0.326 e. The van der Waals surface area contributed by atoms with Crippen LogP contribution in [0.3, 0.4) is 0 Å². The highest BCUT2D eigenvalue weighted by atomic mass is 16.5. The number of nitrogens with zero attached hydrogens (tertiary/aromatic N) is 4. The highest BCUT2D eigenvalue weighted by Crippen LogP contribution is 2.24. The van der Waals surface area contributed by atoms with E-state index >= 15 is 0 Å². The highest BCUT2D eigenvalue weighted by molar-refractivity contribution is 6.08. The summed E-state index contributed by atoms with van der Waals surface area (Å²) in [6.07, 6.45) is 5.11. The predicted octanol–water partition coefficient (Wildman–Crippen LogP) is 1.72. The number of nitrogens with one attached hydrogen (secondary N) is 1. The van der Waals surface area contributed by atoms with Crippen molar-refractivity contribution in [1.29, 1.82) is 0 Å². The summed E-state index contributed by atoms with van der Waals surface area (Å²) >= 11 is 0. The van der Waals surface area contributed by atoms with Gasteiger partial charge in [-0.2, -0.15) is 4.98 Å². The molecule has 3 heterocycles. The smallest absolute Gasteiger partial charge is 0.326 e. The maximum absolute atomic E-state index is 12.5. The molecule has 0 aliphatic carbocycles. The molecule has 0 saturated carbocycles. The van der Waals surface area contributed by atoms with E-state index in [0.29, 0.717) is 37.4 Å². The van der Waals surface area contributed by atoms with Crippen LogP contribution >= 0.6 is 0 Å². The van der Waals surface area contributed by atoms with Gasteiger partial charge in [0.2, 0.25) is 11.7 Å². The summed E-state index contributed by atoms with van der Waals surface area (Å²) in [5.74, 6) is -0.167. The van der Waals surface area contributed by atoms with Gasteiger partial charge in [-0.25, -0.2) is 4.79 Å². The Balaban J connectivity index is 1.43. The molecule has 29 heavy (non-hydrogen) atoms. The topological polar surface area (TPSA) is 128 Å². The number of amides is 3. The molecule has 1 saturated heterocycles. The lowest BCUT2D eigenvalue weighted by Crippen LogP contribution is -2.46. The van der Waals surface area contributed by atoms with Gasteiger partial charge in [0.25, 0.3) is 5.91 Å². The third-order valence-electron chi connectivity index (χ3n) is 4.93. The van der Waals surface area contributed by atoms with Crippen LogP contribution in [0.25, 0.3) is 11.4 Å². The van der Waals surface area contributed by atoms with Crippen molar-refractivity contribution in [2.75, 3.05) is 13.2 Å². The monoisotopic (exact) mass is 401 g/mol. The third kappa shape index (κ3) is 4.41. The second kappa shape index (κ2) is 8.80. The van der Waals surface area contributed by atoms with Crippen molar-refractivity contribution >= 4 is 17.9 Å². The molecule has 0 spiro atoms.